The standard InChI is InChI=1S/C51H62ClN3O9/c1-33(32-64-45-17-22-53-43-13-4-8-34(2)47(43)45)26-37-29-36-15-16-41(31-42(36)50(37)18-20-51(21-19-50,49(59)60)55-39-11-6-10-38(52)30-39)62-23-7-14-46(56)54-44(48(57)58)28-35-9-5-12-40(27-35)63-25-24-61-3/h5-6,9-12,15-17,22,27,30-31,33-34,37,44,55H,4,7-8,13-14,18-21,23-26,28-29,32H2,1-3H3,(H,54,56)(H,57,58)(H,59,60)/t33-,34-,37+,44+,50?,51?/m1/s1. The van der Waals surface area contributed by atoms with E-state index in [1.807, 2.05) is 30.5 Å². The van der Waals surface area contributed by atoms with Crippen LogP contribution < -0.4 is 24.8 Å². The summed E-state index contributed by atoms with van der Waals surface area (Å²) in [4.78, 5) is 42.9. The van der Waals surface area contributed by atoms with Crippen LogP contribution >= 0.6 is 11.6 Å². The van der Waals surface area contributed by atoms with E-state index in [1.54, 1.807) is 43.5 Å². The van der Waals surface area contributed by atoms with Crippen LogP contribution in [-0.2, 0) is 43.8 Å². The van der Waals surface area contributed by atoms with Crippen LogP contribution in [0.1, 0.15) is 106 Å². The van der Waals surface area contributed by atoms with Crippen LogP contribution in [-0.4, -0.2) is 78.2 Å². The van der Waals surface area contributed by atoms with E-state index in [4.69, 9.17) is 30.5 Å². The van der Waals surface area contributed by atoms with Crippen molar-refractivity contribution in [1.29, 1.82) is 0 Å². The molecule has 12 nitrogen and oxygen atoms in total. The van der Waals surface area contributed by atoms with Crippen molar-refractivity contribution >= 4 is 35.1 Å². The molecule has 1 heterocycles. The summed E-state index contributed by atoms with van der Waals surface area (Å²) in [6.07, 6.45) is 9.72. The SMILES string of the molecule is COCCOc1cccc(C[C@H](NC(=O)CCCOc2ccc3c(c2)C2(CCC(Nc4cccc(Cl)c4)(C(=O)O)CC2)[C@@H](C[C@@H](C)COc2ccnc4c2[C@H](C)CCC4)C3)C(=O)O)c1. The molecule has 1 fully saturated rings. The fraction of sp³-hybridized carbons (Fsp3) is 0.490. The van der Waals surface area contributed by atoms with Crippen molar-refractivity contribution < 1.29 is 43.5 Å². The van der Waals surface area contributed by atoms with E-state index in [1.165, 1.54) is 16.7 Å². The number of carbonyl (C=O) groups excluding carboxylic acids is 1. The first-order chi connectivity index (χ1) is 30.9. The Morgan fingerprint density at radius 2 is 1.70 bits per heavy atom. The number of carboxylic acids is 2. The van der Waals surface area contributed by atoms with Crippen molar-refractivity contribution in [1.82, 2.24) is 10.3 Å². The molecule has 3 aliphatic carbocycles. The van der Waals surface area contributed by atoms with Gasteiger partial charge in [0.05, 0.1) is 19.8 Å². The molecule has 0 saturated heterocycles. The van der Waals surface area contributed by atoms with Gasteiger partial charge in [-0.05, 0) is 153 Å². The molecular weight excluding hydrogens is 834 g/mol. The minimum Gasteiger partial charge on any atom is -0.494 e. The van der Waals surface area contributed by atoms with E-state index in [0.717, 1.165) is 49.1 Å². The largest absolute Gasteiger partial charge is 0.494 e. The molecular formula is C51H62ClN3O9. The molecule has 0 aliphatic heterocycles. The van der Waals surface area contributed by atoms with E-state index in [9.17, 15) is 24.6 Å². The summed E-state index contributed by atoms with van der Waals surface area (Å²) < 4.78 is 23.6. The Balaban J connectivity index is 1.01. The number of anilines is 1. The van der Waals surface area contributed by atoms with Crippen molar-refractivity contribution in [3.8, 4) is 17.2 Å². The minimum atomic E-state index is -1.15. The highest BCUT2D eigenvalue weighted by Gasteiger charge is 2.54. The first-order valence-electron chi connectivity index (χ1n) is 22.7. The summed E-state index contributed by atoms with van der Waals surface area (Å²) in [7, 11) is 1.59. The number of hydrogen-bond acceptors (Lipinski definition) is 9. The molecule has 3 aliphatic rings. The number of halogens is 1. The number of pyridine rings is 1. The monoisotopic (exact) mass is 895 g/mol. The number of rotatable bonds is 21. The predicted molar refractivity (Wildman–Crippen MR) is 246 cm³/mol. The zero-order valence-corrected chi connectivity index (χ0v) is 38.0. The van der Waals surface area contributed by atoms with Gasteiger partial charge in [0, 0.05) is 48.1 Å². The van der Waals surface area contributed by atoms with Crippen LogP contribution in [0.15, 0.2) is 79.0 Å². The lowest BCUT2D eigenvalue weighted by atomic mass is 9.59. The summed E-state index contributed by atoms with van der Waals surface area (Å²) in [5, 5.41) is 27.2. The third-order valence-electron chi connectivity index (χ3n) is 13.6. The number of methoxy groups -OCH3 is 1. The lowest BCUT2D eigenvalue weighted by Crippen LogP contribution is -2.53. The van der Waals surface area contributed by atoms with Gasteiger partial charge in [-0.2, -0.15) is 0 Å². The average Bonchev–Trinajstić information content (AvgIpc) is 3.56. The second kappa shape index (κ2) is 21.1. The minimum absolute atomic E-state index is 0.0962. The van der Waals surface area contributed by atoms with Gasteiger partial charge < -0.3 is 39.8 Å². The van der Waals surface area contributed by atoms with Crippen LogP contribution in [0.2, 0.25) is 5.02 Å². The van der Waals surface area contributed by atoms with Crippen molar-refractivity contribution in [3.63, 3.8) is 0 Å². The van der Waals surface area contributed by atoms with Gasteiger partial charge in [0.15, 0.2) is 0 Å². The molecule has 7 rings (SSSR count). The summed E-state index contributed by atoms with van der Waals surface area (Å²) in [5.41, 5.74) is 4.84. The molecule has 4 N–H and O–H groups in total. The summed E-state index contributed by atoms with van der Waals surface area (Å²) in [6, 6.07) is 21.5. The third kappa shape index (κ3) is 11.1. The Bertz CT molecular complexity index is 2260. The van der Waals surface area contributed by atoms with Gasteiger partial charge in [-0.3, -0.25) is 9.78 Å². The molecule has 3 aromatic carbocycles. The molecule has 342 valence electrons. The van der Waals surface area contributed by atoms with Gasteiger partial charge in [-0.1, -0.05) is 49.7 Å². The average molecular weight is 897 g/mol. The van der Waals surface area contributed by atoms with Crippen molar-refractivity contribution in [3.05, 3.63) is 112 Å². The number of aromatic nitrogens is 1. The molecule has 4 aromatic rings. The zero-order valence-electron chi connectivity index (χ0n) is 37.2. The number of benzene rings is 3. The maximum absolute atomic E-state index is 13.1. The number of nitrogens with one attached hydrogen (secondary N) is 2. The van der Waals surface area contributed by atoms with Crippen LogP contribution in [0.3, 0.4) is 0 Å². The van der Waals surface area contributed by atoms with E-state index >= 15 is 0 Å². The number of aryl methyl sites for hydroxylation is 1. The first-order valence-corrected chi connectivity index (χ1v) is 23.1. The molecule has 0 radical (unpaired) electrons. The van der Waals surface area contributed by atoms with Crippen molar-refractivity contribution in [2.24, 2.45) is 11.8 Å². The fourth-order valence-electron chi connectivity index (χ4n) is 10.3. The molecule has 1 spiro atoms. The number of ether oxygens (including phenoxy) is 4. The Labute approximate surface area is 381 Å². The highest BCUT2D eigenvalue weighted by molar-refractivity contribution is 6.30. The highest BCUT2D eigenvalue weighted by Crippen LogP contribution is 2.57. The summed E-state index contributed by atoms with van der Waals surface area (Å²) in [5.74, 6) is 0.787. The summed E-state index contributed by atoms with van der Waals surface area (Å²) >= 11 is 6.31. The number of amides is 1. The molecule has 1 amide bonds. The lowest BCUT2D eigenvalue weighted by Gasteiger charge is -2.47. The third-order valence-corrected chi connectivity index (χ3v) is 13.8. The molecule has 0 bridgehead atoms. The number of carboxylic acid groups (broad SMARTS) is 2. The Hall–Kier alpha value is -5.33. The van der Waals surface area contributed by atoms with Gasteiger partial charge in [0.1, 0.15) is 35.4 Å². The molecule has 1 aromatic heterocycles. The Morgan fingerprint density at radius 3 is 2.47 bits per heavy atom. The van der Waals surface area contributed by atoms with E-state index in [0.29, 0.717) is 80.1 Å². The van der Waals surface area contributed by atoms with Crippen LogP contribution in [0.25, 0.3) is 0 Å². The van der Waals surface area contributed by atoms with E-state index in [2.05, 4.69) is 41.6 Å². The number of fused-ring (bicyclic) bond motifs is 3. The molecule has 4 atom stereocenters. The van der Waals surface area contributed by atoms with Crippen LogP contribution in [0, 0.1) is 11.8 Å². The highest BCUT2D eigenvalue weighted by atomic mass is 35.5. The number of hydrogen-bond donors (Lipinski definition) is 4. The molecule has 1 saturated carbocycles. The van der Waals surface area contributed by atoms with Gasteiger partial charge in [-0.15, -0.1) is 0 Å². The first kappa shape index (κ1) is 46.7. The van der Waals surface area contributed by atoms with Crippen molar-refractivity contribution in [2.75, 3.05) is 38.9 Å². The van der Waals surface area contributed by atoms with E-state index in [-0.39, 0.29) is 42.6 Å². The fourth-order valence-corrected chi connectivity index (χ4v) is 10.5. The smallest absolute Gasteiger partial charge is 0.329 e. The molecule has 0 unspecified atom stereocenters. The lowest BCUT2D eigenvalue weighted by molar-refractivity contribution is -0.144. The zero-order chi connectivity index (χ0) is 45.3. The van der Waals surface area contributed by atoms with Crippen LogP contribution in [0.4, 0.5) is 5.69 Å². The quantitative estimate of drug-likeness (QED) is 0.0590. The van der Waals surface area contributed by atoms with Gasteiger partial charge >= 0.3 is 11.9 Å². The molecule has 13 heteroatoms. The maximum atomic E-state index is 13.1. The number of nitrogens with zero attached hydrogens (tertiary/aromatic N) is 1. The van der Waals surface area contributed by atoms with Gasteiger partial charge in [0.25, 0.3) is 0 Å². The van der Waals surface area contributed by atoms with Crippen molar-refractivity contribution in [2.45, 2.75) is 114 Å². The second-order valence-electron chi connectivity index (χ2n) is 18.1. The van der Waals surface area contributed by atoms with E-state index < -0.39 is 23.5 Å². The Kier molecular flexibility index (Phi) is 15.4. The molecule has 64 heavy (non-hydrogen) atoms. The number of carbonyl (C=O) groups is 3. The predicted octanol–water partition coefficient (Wildman–Crippen LogP) is 9.20. The van der Waals surface area contributed by atoms with Gasteiger partial charge in [0.2, 0.25) is 5.91 Å². The topological polar surface area (TPSA) is 166 Å². The second-order valence-corrected chi connectivity index (χ2v) is 18.6. The summed E-state index contributed by atoms with van der Waals surface area (Å²) in [6.45, 7) is 6.15. The number of aliphatic carboxylic acids is 2. The normalized spacial score (nSPS) is 22.1. The Morgan fingerprint density at radius 1 is 0.922 bits per heavy atom. The van der Waals surface area contributed by atoms with Crippen LogP contribution in [0.5, 0.6) is 17.2 Å². The van der Waals surface area contributed by atoms with Gasteiger partial charge in [-0.25, -0.2) is 9.59 Å². The maximum Gasteiger partial charge on any atom is 0.329 e.